The van der Waals surface area contributed by atoms with E-state index in [0.717, 1.165) is 193 Å². The minimum absolute atomic E-state index is 0.0687. The van der Waals surface area contributed by atoms with E-state index >= 15 is 0 Å². The van der Waals surface area contributed by atoms with Crippen LogP contribution in [0.3, 0.4) is 0 Å². The molecule has 0 rings (SSSR count). The molecule has 0 amide bonds. The van der Waals surface area contributed by atoms with Crippen molar-refractivity contribution in [2.75, 3.05) is 39.6 Å². The maximum atomic E-state index is 13.2. The summed E-state index contributed by atoms with van der Waals surface area (Å²) in [5, 5.41) is 10.7. The van der Waals surface area contributed by atoms with Gasteiger partial charge in [-0.15, -0.1) is 0 Å². The number of hydrogen-bond acceptors (Lipinski definition) is 15. The molecule has 0 aliphatic heterocycles. The Morgan fingerprint density at radius 3 is 0.791 bits per heavy atom. The number of hydrogen-bond donors (Lipinski definition) is 3. The molecule has 0 aromatic rings. The molecule has 17 nitrogen and oxygen atoms in total. The lowest BCUT2D eigenvalue weighted by Crippen LogP contribution is -2.30. The Morgan fingerprint density at radius 1 is 0.264 bits per heavy atom. The summed E-state index contributed by atoms with van der Waals surface area (Å²) in [6.07, 6.45) is 96.3. The minimum atomic E-state index is -5.00. The van der Waals surface area contributed by atoms with Crippen molar-refractivity contribution >= 4 is 39.5 Å². The Labute approximate surface area is 668 Å². The van der Waals surface area contributed by atoms with Crippen LogP contribution in [0.5, 0.6) is 0 Å². The van der Waals surface area contributed by atoms with Crippen LogP contribution in [0.25, 0.3) is 0 Å². The molecule has 19 heteroatoms. The van der Waals surface area contributed by atoms with Crippen LogP contribution in [0.15, 0.2) is 158 Å². The van der Waals surface area contributed by atoms with Crippen LogP contribution in [-0.4, -0.2) is 96.7 Å². The van der Waals surface area contributed by atoms with Crippen LogP contribution in [0.1, 0.15) is 336 Å². The number of carbonyl (C=O) groups excluding carboxylic acids is 4. The normalized spacial score (nSPS) is 14.6. The lowest BCUT2D eigenvalue weighted by Gasteiger charge is -2.21. The van der Waals surface area contributed by atoms with Crippen LogP contribution in [0.4, 0.5) is 0 Å². The highest BCUT2D eigenvalue weighted by Gasteiger charge is 2.30. The van der Waals surface area contributed by atoms with Crippen molar-refractivity contribution in [1.82, 2.24) is 0 Å². The molecule has 0 saturated heterocycles. The summed E-state index contributed by atoms with van der Waals surface area (Å²) in [6.45, 7) is 4.54. The molecule has 5 unspecified atom stereocenters. The van der Waals surface area contributed by atoms with E-state index in [1.54, 1.807) is 0 Å². The molecule has 110 heavy (non-hydrogen) atoms. The number of aliphatic hydroxyl groups excluding tert-OH is 1. The third-order valence-corrected chi connectivity index (χ3v) is 19.4. The third kappa shape index (κ3) is 80.7. The highest BCUT2D eigenvalue weighted by molar-refractivity contribution is 7.47. The third-order valence-electron chi connectivity index (χ3n) is 17.5. The molecule has 0 heterocycles. The molecular weight excluding hydrogens is 1430 g/mol. The summed E-state index contributed by atoms with van der Waals surface area (Å²) < 4.78 is 68.8. The minimum Gasteiger partial charge on any atom is -0.462 e. The van der Waals surface area contributed by atoms with Gasteiger partial charge < -0.3 is 33.8 Å². The molecule has 0 aromatic carbocycles. The van der Waals surface area contributed by atoms with Gasteiger partial charge in [-0.25, -0.2) is 9.13 Å². The Morgan fingerprint density at radius 2 is 0.482 bits per heavy atom. The van der Waals surface area contributed by atoms with E-state index in [-0.39, 0.29) is 25.7 Å². The molecule has 0 spiro atoms. The monoisotopic (exact) mass is 1580 g/mol. The van der Waals surface area contributed by atoms with E-state index < -0.39 is 97.5 Å². The van der Waals surface area contributed by atoms with Crippen molar-refractivity contribution < 1.29 is 80.2 Å². The van der Waals surface area contributed by atoms with E-state index in [0.29, 0.717) is 32.1 Å². The topological polar surface area (TPSA) is 237 Å². The summed E-state index contributed by atoms with van der Waals surface area (Å²) in [5.41, 5.74) is 0. The maximum Gasteiger partial charge on any atom is 0.472 e. The molecule has 0 bridgehead atoms. The van der Waals surface area contributed by atoms with Gasteiger partial charge in [0.1, 0.15) is 19.3 Å². The molecular formula is C91H152O17P2. The first kappa shape index (κ1) is 105. The number of esters is 4. The second kappa shape index (κ2) is 81.7. The van der Waals surface area contributed by atoms with Crippen molar-refractivity contribution in [2.45, 2.75) is 354 Å². The van der Waals surface area contributed by atoms with Crippen molar-refractivity contribution in [3.8, 4) is 0 Å². The van der Waals surface area contributed by atoms with Crippen LogP contribution in [0, 0.1) is 0 Å². The number of unbranched alkanes of at least 4 members (excludes halogenated alkanes) is 27. The van der Waals surface area contributed by atoms with E-state index in [1.807, 2.05) is 12.2 Å². The Bertz CT molecular complexity index is 2700. The summed E-state index contributed by atoms with van der Waals surface area (Å²) in [7, 11) is -10.0. The van der Waals surface area contributed by atoms with Gasteiger partial charge in [-0.2, -0.15) is 0 Å². The lowest BCUT2D eigenvalue weighted by atomic mass is 10.1. The standard InChI is InChI=1S/C91H152O17P2/c1-5-9-13-17-21-25-29-33-37-40-42-45-49-52-56-60-64-68-72-76-89(94)102-82-87(108-91(96)78-74-70-66-62-58-54-50-46-43-41-38-34-30-26-22-18-14-10-6-2)84-106-110(99,100)104-80-85(92)79-103-109(97,98)105-83-86(107-90(95)77-73-69-65-61-57-53-47-36-32-28-24-20-16-12-8-4)81-101-88(93)75-71-67-63-59-55-51-48-44-39-35-31-27-23-19-15-11-7-3/h9,11,13,15,21-23,25-27,33-39,42-43,45-48,51,59,63,85-87,92H,5-8,10,12,14,16-20,24,28-32,40-41,44,49-50,52-58,60-62,64-84H2,1-4H3,(H,97,98)(H,99,100)/b13-9-,15-11-,25-21-,26-22-,27-23-,37-33-,38-34-,39-35-,45-42-,46-43-,47-36-,51-48-,63-59-. The molecule has 0 fully saturated rings. The number of ether oxygens (including phenoxy) is 4. The SMILES string of the molecule is CC/C=C\C/C=C\C/C=C\C/C=C\C/C=C\CCCC(=O)OCC(COP(=O)(O)OCC(O)COP(=O)(O)OCC(COC(=O)CCCCCCCC/C=C\C/C=C\C/C=C\C/C=C\CC)OC(=O)CCCCCCCC/C=C\C/C=C\C/C=C\CCCCC)OC(=O)CCCCCCC/C=C\CCCCCCCC. The van der Waals surface area contributed by atoms with Gasteiger partial charge in [-0.1, -0.05) is 301 Å². The molecule has 0 radical (unpaired) electrons. The quantitative estimate of drug-likeness (QED) is 0.0169. The van der Waals surface area contributed by atoms with Gasteiger partial charge in [0.15, 0.2) is 12.2 Å². The molecule has 0 aromatic heterocycles. The molecule has 5 atom stereocenters. The van der Waals surface area contributed by atoms with Gasteiger partial charge >= 0.3 is 39.5 Å². The number of phosphoric ester groups is 2. The number of aliphatic hydroxyl groups is 1. The zero-order valence-electron chi connectivity index (χ0n) is 68.9. The Balaban J connectivity index is 5.46. The average Bonchev–Trinajstić information content (AvgIpc) is 0.911. The van der Waals surface area contributed by atoms with Gasteiger partial charge in [0, 0.05) is 25.7 Å². The van der Waals surface area contributed by atoms with Crippen LogP contribution >= 0.6 is 15.6 Å². The fourth-order valence-corrected chi connectivity index (χ4v) is 12.6. The van der Waals surface area contributed by atoms with Crippen LogP contribution < -0.4 is 0 Å². The van der Waals surface area contributed by atoms with Crippen LogP contribution in [-0.2, 0) is 65.4 Å². The summed E-state index contributed by atoms with van der Waals surface area (Å²) in [4.78, 5) is 73.3. The van der Waals surface area contributed by atoms with Gasteiger partial charge in [0.25, 0.3) is 0 Å². The second-order valence-corrected chi connectivity index (χ2v) is 30.9. The van der Waals surface area contributed by atoms with Gasteiger partial charge in [0.05, 0.1) is 26.4 Å². The highest BCUT2D eigenvalue weighted by Crippen LogP contribution is 2.45. The van der Waals surface area contributed by atoms with E-state index in [4.69, 9.17) is 37.0 Å². The predicted molar refractivity (Wildman–Crippen MR) is 454 cm³/mol. The number of carbonyl (C=O) groups is 4. The fourth-order valence-electron chi connectivity index (χ4n) is 11.0. The first-order valence-electron chi connectivity index (χ1n) is 42.7. The van der Waals surface area contributed by atoms with E-state index in [1.165, 1.54) is 57.8 Å². The van der Waals surface area contributed by atoms with Crippen molar-refractivity contribution in [3.63, 3.8) is 0 Å². The van der Waals surface area contributed by atoms with E-state index in [9.17, 15) is 43.2 Å². The van der Waals surface area contributed by atoms with Crippen LogP contribution in [0.2, 0.25) is 0 Å². The van der Waals surface area contributed by atoms with Crippen molar-refractivity contribution in [1.29, 1.82) is 0 Å². The number of rotatable bonds is 79. The Kier molecular flexibility index (Phi) is 77.7. The largest absolute Gasteiger partial charge is 0.472 e. The Hall–Kier alpha value is -5.32. The van der Waals surface area contributed by atoms with Gasteiger partial charge in [-0.05, 0) is 167 Å². The molecule has 3 N–H and O–H groups in total. The number of allylic oxidation sites excluding steroid dienone is 26. The first-order chi connectivity index (χ1) is 53.7. The van der Waals surface area contributed by atoms with Crippen molar-refractivity contribution in [2.24, 2.45) is 0 Å². The molecule has 0 aliphatic carbocycles. The summed E-state index contributed by atoms with van der Waals surface area (Å²) >= 11 is 0. The summed E-state index contributed by atoms with van der Waals surface area (Å²) in [6, 6.07) is 0. The lowest BCUT2D eigenvalue weighted by molar-refractivity contribution is -0.161. The zero-order chi connectivity index (χ0) is 80.3. The van der Waals surface area contributed by atoms with E-state index in [2.05, 4.69) is 174 Å². The second-order valence-electron chi connectivity index (χ2n) is 28.0. The van der Waals surface area contributed by atoms with Crippen molar-refractivity contribution in [3.05, 3.63) is 158 Å². The average molecular weight is 1580 g/mol. The molecule has 0 saturated carbocycles. The first-order valence-corrected chi connectivity index (χ1v) is 45.7. The van der Waals surface area contributed by atoms with Gasteiger partial charge in [-0.3, -0.25) is 37.3 Å². The fraction of sp³-hybridized carbons (Fsp3) is 0.670. The highest BCUT2D eigenvalue weighted by atomic mass is 31.2. The zero-order valence-corrected chi connectivity index (χ0v) is 70.7. The predicted octanol–water partition coefficient (Wildman–Crippen LogP) is 25.6. The molecule has 0 aliphatic rings. The smallest absolute Gasteiger partial charge is 0.462 e. The van der Waals surface area contributed by atoms with Gasteiger partial charge in [0.2, 0.25) is 0 Å². The maximum absolute atomic E-state index is 13.2. The number of phosphoric acid groups is 2. The summed E-state index contributed by atoms with van der Waals surface area (Å²) in [5.74, 6) is -2.28. The molecule has 628 valence electrons.